The van der Waals surface area contributed by atoms with E-state index in [1.54, 1.807) is 29.1 Å². The molecule has 0 aliphatic carbocycles. The van der Waals surface area contributed by atoms with Crippen LogP contribution in [0.25, 0.3) is 0 Å². The van der Waals surface area contributed by atoms with Gasteiger partial charge in [0.05, 0.1) is 6.54 Å². The fraction of sp³-hybridized carbons (Fsp3) is 0.111. The molecule has 6 heteroatoms. The monoisotopic (exact) mass is 223 g/mol. The molecule has 0 aromatic carbocycles. The highest BCUT2D eigenvalue weighted by Crippen LogP contribution is 2.17. The molecule has 0 saturated heterocycles. The van der Waals surface area contributed by atoms with Gasteiger partial charge >= 0.3 is 5.97 Å². The highest BCUT2D eigenvalue weighted by Gasteiger charge is 2.07. The summed E-state index contributed by atoms with van der Waals surface area (Å²) in [5.41, 5.74) is 5.46. The van der Waals surface area contributed by atoms with Gasteiger partial charge in [0.25, 0.3) is 0 Å². The SMILES string of the molecule is Nc1ccn(Cc2ccc(C(=O)O)s2)n1. The Kier molecular flexibility index (Phi) is 2.42. The first-order valence-corrected chi connectivity index (χ1v) is 5.08. The molecule has 0 fully saturated rings. The first-order chi connectivity index (χ1) is 7.15. The molecule has 0 atom stereocenters. The normalized spacial score (nSPS) is 10.4. The molecule has 0 saturated carbocycles. The third kappa shape index (κ3) is 2.16. The van der Waals surface area contributed by atoms with Gasteiger partial charge in [0.2, 0.25) is 0 Å². The van der Waals surface area contributed by atoms with Crippen LogP contribution in [0.4, 0.5) is 5.82 Å². The average molecular weight is 223 g/mol. The van der Waals surface area contributed by atoms with Crippen molar-refractivity contribution in [2.24, 2.45) is 0 Å². The van der Waals surface area contributed by atoms with Crippen molar-refractivity contribution in [2.45, 2.75) is 6.54 Å². The maximum absolute atomic E-state index is 10.6. The van der Waals surface area contributed by atoms with Crippen molar-refractivity contribution < 1.29 is 9.90 Å². The van der Waals surface area contributed by atoms with Crippen LogP contribution in [0.5, 0.6) is 0 Å². The van der Waals surface area contributed by atoms with Crippen molar-refractivity contribution >= 4 is 23.1 Å². The highest BCUT2D eigenvalue weighted by molar-refractivity contribution is 7.13. The second-order valence-corrected chi connectivity index (χ2v) is 4.18. The van der Waals surface area contributed by atoms with Crippen LogP contribution in [0.3, 0.4) is 0 Å². The van der Waals surface area contributed by atoms with E-state index >= 15 is 0 Å². The molecule has 0 aliphatic rings. The number of nitrogens with zero attached hydrogens (tertiary/aromatic N) is 2. The minimum atomic E-state index is -0.897. The fourth-order valence-corrected chi connectivity index (χ4v) is 2.04. The fourth-order valence-electron chi connectivity index (χ4n) is 1.20. The van der Waals surface area contributed by atoms with Gasteiger partial charge in [-0.1, -0.05) is 0 Å². The number of rotatable bonds is 3. The lowest BCUT2D eigenvalue weighted by atomic mass is 10.4. The Balaban J connectivity index is 2.14. The Morgan fingerprint density at radius 1 is 1.53 bits per heavy atom. The van der Waals surface area contributed by atoms with Crippen molar-refractivity contribution in [3.8, 4) is 0 Å². The van der Waals surface area contributed by atoms with Crippen LogP contribution in [0.2, 0.25) is 0 Å². The number of anilines is 1. The van der Waals surface area contributed by atoms with E-state index in [2.05, 4.69) is 5.10 Å². The number of hydrogen-bond donors (Lipinski definition) is 2. The first kappa shape index (κ1) is 9.72. The Bertz CT molecular complexity index is 489. The molecule has 15 heavy (non-hydrogen) atoms. The Hall–Kier alpha value is -1.82. The zero-order chi connectivity index (χ0) is 10.8. The maximum Gasteiger partial charge on any atom is 0.345 e. The van der Waals surface area contributed by atoms with Gasteiger partial charge in [0, 0.05) is 11.1 Å². The molecule has 0 bridgehead atoms. The second-order valence-electron chi connectivity index (χ2n) is 3.01. The summed E-state index contributed by atoms with van der Waals surface area (Å²) in [6.07, 6.45) is 1.76. The molecule has 2 rings (SSSR count). The molecular weight excluding hydrogens is 214 g/mol. The zero-order valence-corrected chi connectivity index (χ0v) is 8.57. The third-order valence-electron chi connectivity index (χ3n) is 1.85. The van der Waals surface area contributed by atoms with Crippen LogP contribution in [-0.2, 0) is 6.54 Å². The molecule has 0 amide bonds. The summed E-state index contributed by atoms with van der Waals surface area (Å²) in [7, 11) is 0. The number of aromatic carboxylic acids is 1. The van der Waals surface area contributed by atoms with Gasteiger partial charge in [-0.25, -0.2) is 4.79 Å². The molecule has 0 aliphatic heterocycles. The van der Waals surface area contributed by atoms with E-state index in [9.17, 15) is 4.79 Å². The lowest BCUT2D eigenvalue weighted by molar-refractivity contribution is 0.0702. The van der Waals surface area contributed by atoms with Crippen LogP contribution in [0, 0.1) is 0 Å². The molecule has 5 nitrogen and oxygen atoms in total. The summed E-state index contributed by atoms with van der Waals surface area (Å²) in [5.74, 6) is -0.434. The topological polar surface area (TPSA) is 81.1 Å². The lowest BCUT2D eigenvalue weighted by Gasteiger charge is -1.96. The summed E-state index contributed by atoms with van der Waals surface area (Å²) in [6.45, 7) is 0.551. The van der Waals surface area contributed by atoms with E-state index in [0.29, 0.717) is 17.2 Å². The standard InChI is InChI=1S/C9H9N3O2S/c10-8-3-4-12(11-8)5-6-1-2-7(15-6)9(13)14/h1-4H,5H2,(H2,10,11)(H,13,14). The van der Waals surface area contributed by atoms with Gasteiger partial charge in [-0.15, -0.1) is 11.3 Å². The number of hydrogen-bond acceptors (Lipinski definition) is 4. The molecule has 78 valence electrons. The molecule has 0 spiro atoms. The number of aromatic nitrogens is 2. The van der Waals surface area contributed by atoms with Crippen LogP contribution >= 0.6 is 11.3 Å². The highest BCUT2D eigenvalue weighted by atomic mass is 32.1. The number of carbonyl (C=O) groups is 1. The van der Waals surface area contributed by atoms with Crippen LogP contribution in [0.1, 0.15) is 14.5 Å². The number of carboxylic acids is 1. The number of thiophene rings is 1. The molecule has 3 N–H and O–H groups in total. The summed E-state index contributed by atoms with van der Waals surface area (Å²) in [5, 5.41) is 12.8. The van der Waals surface area contributed by atoms with Gasteiger partial charge < -0.3 is 10.8 Å². The maximum atomic E-state index is 10.6. The van der Waals surface area contributed by atoms with E-state index in [1.165, 1.54) is 11.3 Å². The van der Waals surface area contributed by atoms with E-state index in [-0.39, 0.29) is 0 Å². The number of carboxylic acid groups (broad SMARTS) is 1. The Morgan fingerprint density at radius 2 is 2.33 bits per heavy atom. The molecule has 2 aromatic heterocycles. The van der Waals surface area contributed by atoms with Gasteiger partial charge in [-0.05, 0) is 18.2 Å². The quantitative estimate of drug-likeness (QED) is 0.821. The summed E-state index contributed by atoms with van der Waals surface area (Å²) in [4.78, 5) is 11.9. The molecule has 2 aromatic rings. The first-order valence-electron chi connectivity index (χ1n) is 4.26. The van der Waals surface area contributed by atoms with Gasteiger partial charge in [0.15, 0.2) is 0 Å². The van der Waals surface area contributed by atoms with Gasteiger partial charge in [0.1, 0.15) is 10.7 Å². The predicted octanol–water partition coefficient (Wildman–Crippen LogP) is 1.27. The van der Waals surface area contributed by atoms with E-state index < -0.39 is 5.97 Å². The minimum Gasteiger partial charge on any atom is -0.477 e. The van der Waals surface area contributed by atoms with Crippen molar-refractivity contribution in [3.63, 3.8) is 0 Å². The van der Waals surface area contributed by atoms with Crippen molar-refractivity contribution in [1.29, 1.82) is 0 Å². The summed E-state index contributed by atoms with van der Waals surface area (Å²) < 4.78 is 1.67. The van der Waals surface area contributed by atoms with Crippen molar-refractivity contribution in [2.75, 3.05) is 5.73 Å². The van der Waals surface area contributed by atoms with Crippen molar-refractivity contribution in [3.05, 3.63) is 34.2 Å². The molecule has 2 heterocycles. The second kappa shape index (κ2) is 3.74. The largest absolute Gasteiger partial charge is 0.477 e. The minimum absolute atomic E-state index is 0.338. The smallest absolute Gasteiger partial charge is 0.345 e. The van der Waals surface area contributed by atoms with Crippen LogP contribution < -0.4 is 5.73 Å². The van der Waals surface area contributed by atoms with E-state index in [1.807, 2.05) is 0 Å². The van der Waals surface area contributed by atoms with Crippen molar-refractivity contribution in [1.82, 2.24) is 9.78 Å². The average Bonchev–Trinajstić information content (AvgIpc) is 2.76. The number of nitrogens with two attached hydrogens (primary N) is 1. The lowest BCUT2D eigenvalue weighted by Crippen LogP contribution is -1.99. The summed E-state index contributed by atoms with van der Waals surface area (Å²) >= 11 is 1.24. The van der Waals surface area contributed by atoms with Crippen LogP contribution in [-0.4, -0.2) is 20.9 Å². The Labute approximate surface area is 89.8 Å². The zero-order valence-electron chi connectivity index (χ0n) is 7.75. The molecule has 0 unspecified atom stereocenters. The van der Waals surface area contributed by atoms with E-state index in [0.717, 1.165) is 4.88 Å². The van der Waals surface area contributed by atoms with E-state index in [4.69, 9.17) is 10.8 Å². The molecule has 0 radical (unpaired) electrons. The summed E-state index contributed by atoms with van der Waals surface area (Å²) in [6, 6.07) is 5.08. The van der Waals surface area contributed by atoms with Gasteiger partial charge in [-0.2, -0.15) is 5.10 Å². The molecular formula is C9H9N3O2S. The third-order valence-corrected chi connectivity index (χ3v) is 2.91. The van der Waals surface area contributed by atoms with Crippen LogP contribution in [0.15, 0.2) is 24.4 Å². The Morgan fingerprint density at radius 3 is 2.87 bits per heavy atom. The number of nitrogen functional groups attached to an aromatic ring is 1. The van der Waals surface area contributed by atoms with Gasteiger partial charge in [-0.3, -0.25) is 4.68 Å². The predicted molar refractivity (Wildman–Crippen MR) is 57.0 cm³/mol.